The van der Waals surface area contributed by atoms with Crippen LogP contribution in [0.4, 0.5) is 0 Å². The van der Waals surface area contributed by atoms with Gasteiger partial charge >= 0.3 is 16.4 Å². The first kappa shape index (κ1) is 48.6. The zero-order chi connectivity index (χ0) is 38.3. The van der Waals surface area contributed by atoms with Crippen LogP contribution < -0.4 is 0 Å². The van der Waals surface area contributed by atoms with Crippen molar-refractivity contribution >= 4 is 16.4 Å². The van der Waals surface area contributed by atoms with E-state index in [1.165, 1.54) is 64.2 Å². The van der Waals surface area contributed by atoms with E-state index in [1.54, 1.807) is 0 Å². The lowest BCUT2D eigenvalue weighted by Crippen LogP contribution is -2.60. The first-order valence-electron chi connectivity index (χ1n) is 20.1. The normalized spacial score (nSPS) is 21.7. The van der Waals surface area contributed by atoms with E-state index in [9.17, 15) is 28.5 Å². The third-order valence-electron chi connectivity index (χ3n) is 9.06. The molecule has 12 nitrogen and oxygen atoms in total. The van der Waals surface area contributed by atoms with E-state index in [1.807, 2.05) is 0 Å². The Morgan fingerprint density at radius 3 is 1.90 bits per heavy atom. The number of rotatable bonds is 34. The van der Waals surface area contributed by atoms with Gasteiger partial charge < -0.3 is 34.3 Å². The Bertz CT molecular complexity index is 1020. The third-order valence-corrected chi connectivity index (χ3v) is 9.52. The van der Waals surface area contributed by atoms with Crippen molar-refractivity contribution in [1.82, 2.24) is 0 Å². The maximum absolute atomic E-state index is 12.7. The zero-order valence-corrected chi connectivity index (χ0v) is 32.9. The van der Waals surface area contributed by atoms with Crippen LogP contribution in [0.1, 0.15) is 155 Å². The number of carbonyl (C=O) groups excluding carboxylic acids is 1. The van der Waals surface area contributed by atoms with Crippen molar-refractivity contribution in [3.63, 3.8) is 0 Å². The monoisotopic (exact) mass is 764 g/mol. The molecular formula is C39H72O12S. The molecule has 0 aromatic carbocycles. The summed E-state index contributed by atoms with van der Waals surface area (Å²) in [6, 6.07) is 0. The smallest absolute Gasteiger partial charge is 0.397 e. The molecule has 0 amide bonds. The number of allylic oxidation sites excluding steroid dienone is 4. The van der Waals surface area contributed by atoms with Crippen LogP contribution in [0.3, 0.4) is 0 Å². The van der Waals surface area contributed by atoms with Crippen molar-refractivity contribution < 1.29 is 56.2 Å². The SMILES string of the molecule is CCC/C=C\C/C=C\CCCCCCCCOCC(COC1OC(CO)C(O)C(OS(=O)(=O)O)C1O)OC(=O)CCCCCCCCCCCCC. The van der Waals surface area contributed by atoms with Gasteiger partial charge in [-0.3, -0.25) is 9.35 Å². The quantitative estimate of drug-likeness (QED) is 0.0223. The van der Waals surface area contributed by atoms with Gasteiger partial charge in [0.25, 0.3) is 0 Å². The Kier molecular flexibility index (Phi) is 29.8. The molecule has 52 heavy (non-hydrogen) atoms. The van der Waals surface area contributed by atoms with Gasteiger partial charge in [0, 0.05) is 13.0 Å². The van der Waals surface area contributed by atoms with E-state index in [0.29, 0.717) is 13.0 Å². The van der Waals surface area contributed by atoms with Crippen LogP contribution in [0.2, 0.25) is 0 Å². The average Bonchev–Trinajstić information content (AvgIpc) is 3.11. The van der Waals surface area contributed by atoms with E-state index < -0.39 is 59.8 Å². The fourth-order valence-corrected chi connectivity index (χ4v) is 6.51. The molecule has 1 heterocycles. The van der Waals surface area contributed by atoms with Crippen LogP contribution in [0.5, 0.6) is 0 Å². The molecule has 13 heteroatoms. The van der Waals surface area contributed by atoms with Crippen molar-refractivity contribution in [3.05, 3.63) is 24.3 Å². The molecule has 6 atom stereocenters. The Hall–Kier alpha value is -1.42. The molecule has 0 aromatic heterocycles. The van der Waals surface area contributed by atoms with Gasteiger partial charge in [0.15, 0.2) is 6.29 Å². The maximum Gasteiger partial charge on any atom is 0.397 e. The Morgan fingerprint density at radius 2 is 1.31 bits per heavy atom. The highest BCUT2D eigenvalue weighted by Crippen LogP contribution is 2.26. The topological polar surface area (TPSA) is 178 Å². The van der Waals surface area contributed by atoms with E-state index >= 15 is 0 Å². The van der Waals surface area contributed by atoms with E-state index in [4.69, 9.17) is 23.5 Å². The summed E-state index contributed by atoms with van der Waals surface area (Å²) in [5, 5.41) is 30.5. The van der Waals surface area contributed by atoms with Crippen molar-refractivity contribution in [2.45, 2.75) is 192 Å². The van der Waals surface area contributed by atoms with Crippen molar-refractivity contribution in [1.29, 1.82) is 0 Å². The molecule has 1 aliphatic heterocycles. The second-order valence-corrected chi connectivity index (χ2v) is 14.9. The average molecular weight is 765 g/mol. The summed E-state index contributed by atoms with van der Waals surface area (Å²) < 4.78 is 58.8. The minimum absolute atomic E-state index is 0.0315. The van der Waals surface area contributed by atoms with Gasteiger partial charge in [-0.25, -0.2) is 4.18 Å². The first-order valence-corrected chi connectivity index (χ1v) is 21.5. The van der Waals surface area contributed by atoms with Gasteiger partial charge in [-0.1, -0.05) is 134 Å². The highest BCUT2D eigenvalue weighted by Gasteiger charge is 2.48. The number of ether oxygens (including phenoxy) is 4. The summed E-state index contributed by atoms with van der Waals surface area (Å²) in [4.78, 5) is 12.7. The van der Waals surface area contributed by atoms with Gasteiger partial charge in [-0.05, 0) is 38.5 Å². The van der Waals surface area contributed by atoms with Crippen molar-refractivity contribution in [2.24, 2.45) is 0 Å². The summed E-state index contributed by atoms with van der Waals surface area (Å²) in [5.74, 6) is -0.405. The lowest BCUT2D eigenvalue weighted by atomic mass is 9.99. The van der Waals surface area contributed by atoms with Crippen LogP contribution in [0, 0.1) is 0 Å². The highest BCUT2D eigenvalue weighted by molar-refractivity contribution is 7.80. The Morgan fingerprint density at radius 1 is 0.731 bits per heavy atom. The lowest BCUT2D eigenvalue weighted by Gasteiger charge is -2.41. The second kappa shape index (κ2) is 31.9. The number of esters is 1. The van der Waals surface area contributed by atoms with Crippen LogP contribution in [0.25, 0.3) is 0 Å². The number of aliphatic hydroxyl groups excluding tert-OH is 3. The van der Waals surface area contributed by atoms with Crippen LogP contribution in [0.15, 0.2) is 24.3 Å². The van der Waals surface area contributed by atoms with Crippen molar-refractivity contribution in [2.75, 3.05) is 26.4 Å². The molecule has 1 rings (SSSR count). The number of aliphatic hydroxyl groups is 3. The molecule has 1 aliphatic rings. The van der Waals surface area contributed by atoms with Gasteiger partial charge in [0.05, 0.1) is 19.8 Å². The molecule has 4 N–H and O–H groups in total. The number of unbranched alkanes of at least 4 members (excludes halogenated alkanes) is 17. The highest BCUT2D eigenvalue weighted by atomic mass is 32.3. The first-order chi connectivity index (χ1) is 25.1. The molecule has 0 aromatic rings. The molecule has 0 aliphatic carbocycles. The Balaban J connectivity index is 2.49. The fraction of sp³-hybridized carbons (Fsp3) is 0.872. The predicted octanol–water partition coefficient (Wildman–Crippen LogP) is 7.29. The molecule has 0 saturated carbocycles. The Labute approximate surface area is 314 Å². The summed E-state index contributed by atoms with van der Waals surface area (Å²) in [5.41, 5.74) is 0. The van der Waals surface area contributed by atoms with Gasteiger partial charge in [-0.15, -0.1) is 0 Å². The number of carbonyl (C=O) groups is 1. The minimum atomic E-state index is -5.06. The number of hydrogen-bond acceptors (Lipinski definition) is 11. The standard InChI is InChI=1S/C39H72O12S/c1-3-5-7-9-11-13-15-16-17-19-21-23-25-27-29-47-31-33(49-35(41)28-26-24-22-20-18-14-12-10-8-6-4-2)32-48-39-37(43)38(51-52(44,45)46)36(42)34(30-40)50-39/h7,9,13,15,33-34,36-40,42-43H,3-6,8,10-12,14,16-32H2,1-2H3,(H,44,45,46)/b9-7-,15-13-. The molecule has 6 unspecified atom stereocenters. The van der Waals surface area contributed by atoms with Gasteiger partial charge in [-0.2, -0.15) is 8.42 Å². The molecule has 0 spiro atoms. The second-order valence-electron chi connectivity index (χ2n) is 13.9. The van der Waals surface area contributed by atoms with E-state index in [-0.39, 0.29) is 19.6 Å². The van der Waals surface area contributed by atoms with E-state index in [2.05, 4.69) is 42.3 Å². The van der Waals surface area contributed by atoms with Crippen LogP contribution in [-0.2, 0) is 38.3 Å². The molecular weight excluding hydrogens is 692 g/mol. The summed E-state index contributed by atoms with van der Waals surface area (Å²) in [7, 11) is -5.06. The molecule has 1 saturated heterocycles. The van der Waals surface area contributed by atoms with Crippen LogP contribution in [-0.4, -0.2) is 97.5 Å². The van der Waals surface area contributed by atoms with Crippen molar-refractivity contribution in [3.8, 4) is 0 Å². The molecule has 0 radical (unpaired) electrons. The van der Waals surface area contributed by atoms with Gasteiger partial charge in [0.1, 0.15) is 30.5 Å². The largest absolute Gasteiger partial charge is 0.457 e. The third kappa shape index (κ3) is 25.6. The predicted molar refractivity (Wildman–Crippen MR) is 202 cm³/mol. The molecule has 306 valence electrons. The molecule has 0 bridgehead atoms. The maximum atomic E-state index is 12.7. The summed E-state index contributed by atoms with van der Waals surface area (Å²) >= 11 is 0. The molecule has 1 fully saturated rings. The minimum Gasteiger partial charge on any atom is -0.457 e. The fourth-order valence-electron chi connectivity index (χ4n) is 6.00. The zero-order valence-electron chi connectivity index (χ0n) is 32.1. The summed E-state index contributed by atoms with van der Waals surface area (Å²) in [6.45, 7) is 3.88. The van der Waals surface area contributed by atoms with Crippen LogP contribution >= 0.6 is 0 Å². The summed E-state index contributed by atoms with van der Waals surface area (Å²) in [6.07, 6.45) is 23.6. The van der Waals surface area contributed by atoms with Gasteiger partial charge in [0.2, 0.25) is 0 Å². The van der Waals surface area contributed by atoms with E-state index in [0.717, 1.165) is 64.2 Å². The lowest BCUT2D eigenvalue weighted by molar-refractivity contribution is -0.301. The number of hydrogen-bond donors (Lipinski definition) is 4.